The zero-order chi connectivity index (χ0) is 12.4. The molecule has 0 aliphatic carbocycles. The second-order valence-corrected chi connectivity index (χ2v) is 4.82. The lowest BCUT2D eigenvalue weighted by Gasteiger charge is -2.10. The second-order valence-electron chi connectivity index (χ2n) is 3.97. The van der Waals surface area contributed by atoms with Crippen LogP contribution in [0.1, 0.15) is 18.4 Å². The monoisotopic (exact) mass is 297 g/mol. The smallest absolute Gasteiger partial charge is 0.248 e. The standard InChI is InChI=1S/C11H12BrN3O2/c1-6-4-9(13-5-7(6)12)15-11(17)8-2-3-10(16)14-8/h4-5,8H,2-3H2,1H3,(H,14,16)(H,13,15,17)/t8-/m1/s1. The summed E-state index contributed by atoms with van der Waals surface area (Å²) in [5.74, 6) is 0.201. The topological polar surface area (TPSA) is 71.1 Å². The van der Waals surface area contributed by atoms with Gasteiger partial charge in [0.1, 0.15) is 11.9 Å². The molecule has 1 atom stereocenters. The third kappa shape index (κ3) is 2.82. The molecule has 2 heterocycles. The Morgan fingerprint density at radius 1 is 1.65 bits per heavy atom. The molecule has 0 saturated carbocycles. The van der Waals surface area contributed by atoms with Gasteiger partial charge in [-0.1, -0.05) is 0 Å². The van der Waals surface area contributed by atoms with Crippen LogP contribution in [0.2, 0.25) is 0 Å². The molecule has 2 amide bonds. The first kappa shape index (κ1) is 12.0. The van der Waals surface area contributed by atoms with Gasteiger partial charge in [0.25, 0.3) is 0 Å². The van der Waals surface area contributed by atoms with Gasteiger partial charge in [-0.2, -0.15) is 0 Å². The Morgan fingerprint density at radius 2 is 2.41 bits per heavy atom. The first-order valence-corrected chi connectivity index (χ1v) is 6.08. The first-order valence-electron chi connectivity index (χ1n) is 5.28. The Hall–Kier alpha value is -1.43. The SMILES string of the molecule is Cc1cc(NC(=O)[C@H]2CCC(=O)N2)ncc1Br. The molecule has 1 saturated heterocycles. The number of amides is 2. The van der Waals surface area contributed by atoms with E-state index in [2.05, 4.69) is 31.5 Å². The van der Waals surface area contributed by atoms with E-state index in [0.717, 1.165) is 10.0 Å². The summed E-state index contributed by atoms with van der Waals surface area (Å²) in [6.07, 6.45) is 2.59. The Morgan fingerprint density at radius 3 is 3.00 bits per heavy atom. The van der Waals surface area contributed by atoms with Gasteiger partial charge in [0.15, 0.2) is 0 Å². The van der Waals surface area contributed by atoms with Gasteiger partial charge < -0.3 is 10.6 Å². The van der Waals surface area contributed by atoms with Crippen LogP contribution in [-0.4, -0.2) is 22.8 Å². The Bertz CT molecular complexity index is 476. The van der Waals surface area contributed by atoms with Gasteiger partial charge in [-0.25, -0.2) is 4.98 Å². The van der Waals surface area contributed by atoms with E-state index >= 15 is 0 Å². The molecule has 5 nitrogen and oxygen atoms in total. The average molecular weight is 298 g/mol. The maximum atomic E-state index is 11.8. The van der Waals surface area contributed by atoms with E-state index in [0.29, 0.717) is 18.7 Å². The van der Waals surface area contributed by atoms with Crippen molar-refractivity contribution < 1.29 is 9.59 Å². The van der Waals surface area contributed by atoms with Crippen LogP contribution in [0.25, 0.3) is 0 Å². The van der Waals surface area contributed by atoms with Gasteiger partial charge in [0.2, 0.25) is 11.8 Å². The third-order valence-electron chi connectivity index (χ3n) is 2.61. The van der Waals surface area contributed by atoms with E-state index < -0.39 is 6.04 Å². The number of aryl methyl sites for hydroxylation is 1. The van der Waals surface area contributed by atoms with E-state index in [1.165, 1.54) is 0 Å². The van der Waals surface area contributed by atoms with Crippen molar-refractivity contribution >= 4 is 33.6 Å². The highest BCUT2D eigenvalue weighted by Crippen LogP contribution is 2.17. The van der Waals surface area contributed by atoms with Crippen molar-refractivity contribution in [1.82, 2.24) is 10.3 Å². The van der Waals surface area contributed by atoms with Crippen molar-refractivity contribution in [3.05, 3.63) is 22.3 Å². The number of carbonyl (C=O) groups excluding carboxylic acids is 2. The van der Waals surface area contributed by atoms with E-state index in [-0.39, 0.29) is 11.8 Å². The van der Waals surface area contributed by atoms with Gasteiger partial charge in [-0.3, -0.25) is 9.59 Å². The zero-order valence-electron chi connectivity index (χ0n) is 9.29. The Labute approximate surface area is 107 Å². The molecular weight excluding hydrogens is 286 g/mol. The summed E-state index contributed by atoms with van der Waals surface area (Å²) < 4.78 is 0.893. The number of anilines is 1. The molecule has 17 heavy (non-hydrogen) atoms. The third-order valence-corrected chi connectivity index (χ3v) is 3.44. The summed E-state index contributed by atoms with van der Waals surface area (Å²) in [4.78, 5) is 26.9. The summed E-state index contributed by atoms with van der Waals surface area (Å²) in [5.41, 5.74) is 0.991. The molecular formula is C11H12BrN3O2. The predicted molar refractivity (Wildman–Crippen MR) is 66.5 cm³/mol. The molecule has 1 fully saturated rings. The fourth-order valence-electron chi connectivity index (χ4n) is 1.63. The molecule has 0 bridgehead atoms. The van der Waals surface area contributed by atoms with Crippen LogP contribution < -0.4 is 10.6 Å². The lowest BCUT2D eigenvalue weighted by atomic mass is 10.2. The quantitative estimate of drug-likeness (QED) is 0.866. The fraction of sp³-hybridized carbons (Fsp3) is 0.364. The van der Waals surface area contributed by atoms with Crippen LogP contribution in [0.3, 0.4) is 0 Å². The van der Waals surface area contributed by atoms with Crippen molar-refractivity contribution in [2.24, 2.45) is 0 Å². The maximum absolute atomic E-state index is 11.8. The molecule has 1 aromatic rings. The predicted octanol–water partition coefficient (Wildman–Crippen LogP) is 1.37. The summed E-state index contributed by atoms with van der Waals surface area (Å²) >= 11 is 3.34. The Kier molecular flexibility index (Phi) is 3.42. The largest absolute Gasteiger partial charge is 0.344 e. The number of hydrogen-bond acceptors (Lipinski definition) is 3. The van der Waals surface area contributed by atoms with Crippen LogP contribution >= 0.6 is 15.9 Å². The van der Waals surface area contributed by atoms with Crippen molar-refractivity contribution in [2.45, 2.75) is 25.8 Å². The average Bonchev–Trinajstić information content (AvgIpc) is 2.70. The van der Waals surface area contributed by atoms with E-state index in [1.54, 1.807) is 12.3 Å². The number of hydrogen-bond donors (Lipinski definition) is 2. The minimum atomic E-state index is -0.437. The van der Waals surface area contributed by atoms with Gasteiger partial charge in [-0.05, 0) is 40.9 Å². The number of carbonyl (C=O) groups is 2. The number of rotatable bonds is 2. The summed E-state index contributed by atoms with van der Waals surface area (Å²) in [7, 11) is 0. The summed E-state index contributed by atoms with van der Waals surface area (Å²) in [5, 5.41) is 5.30. The van der Waals surface area contributed by atoms with E-state index in [1.807, 2.05) is 6.92 Å². The van der Waals surface area contributed by atoms with Crippen LogP contribution in [0.5, 0.6) is 0 Å². The highest BCUT2D eigenvalue weighted by atomic mass is 79.9. The lowest BCUT2D eigenvalue weighted by Crippen LogP contribution is -2.37. The molecule has 2 N–H and O–H groups in total. The lowest BCUT2D eigenvalue weighted by molar-refractivity contribution is -0.122. The molecule has 0 radical (unpaired) electrons. The Balaban J connectivity index is 2.03. The molecule has 0 aromatic carbocycles. The van der Waals surface area contributed by atoms with Crippen molar-refractivity contribution in [1.29, 1.82) is 0 Å². The zero-order valence-corrected chi connectivity index (χ0v) is 10.9. The number of halogens is 1. The van der Waals surface area contributed by atoms with Crippen molar-refractivity contribution in [2.75, 3.05) is 5.32 Å². The number of nitrogens with one attached hydrogen (secondary N) is 2. The van der Waals surface area contributed by atoms with Crippen LogP contribution in [0.15, 0.2) is 16.7 Å². The molecule has 2 rings (SSSR count). The first-order chi connectivity index (χ1) is 8.06. The molecule has 6 heteroatoms. The normalized spacial score (nSPS) is 18.9. The molecule has 1 aromatic heterocycles. The van der Waals surface area contributed by atoms with Gasteiger partial charge in [-0.15, -0.1) is 0 Å². The number of nitrogens with zero attached hydrogens (tertiary/aromatic N) is 1. The highest BCUT2D eigenvalue weighted by molar-refractivity contribution is 9.10. The maximum Gasteiger partial charge on any atom is 0.248 e. The molecule has 1 aliphatic rings. The number of aromatic nitrogens is 1. The second kappa shape index (κ2) is 4.83. The number of pyridine rings is 1. The van der Waals surface area contributed by atoms with Crippen LogP contribution in [-0.2, 0) is 9.59 Å². The fourth-order valence-corrected chi connectivity index (χ4v) is 1.85. The van der Waals surface area contributed by atoms with Crippen molar-refractivity contribution in [3.63, 3.8) is 0 Å². The van der Waals surface area contributed by atoms with Crippen LogP contribution in [0, 0.1) is 6.92 Å². The molecule has 90 valence electrons. The van der Waals surface area contributed by atoms with Gasteiger partial charge in [0, 0.05) is 17.1 Å². The molecule has 0 spiro atoms. The van der Waals surface area contributed by atoms with Gasteiger partial charge in [0.05, 0.1) is 0 Å². The minimum absolute atomic E-state index is 0.0786. The molecule has 1 aliphatic heterocycles. The van der Waals surface area contributed by atoms with Crippen LogP contribution in [0.4, 0.5) is 5.82 Å². The van der Waals surface area contributed by atoms with E-state index in [9.17, 15) is 9.59 Å². The molecule has 0 unspecified atom stereocenters. The minimum Gasteiger partial charge on any atom is -0.344 e. The van der Waals surface area contributed by atoms with Crippen molar-refractivity contribution in [3.8, 4) is 0 Å². The summed E-state index contributed by atoms with van der Waals surface area (Å²) in [6.45, 7) is 1.92. The summed E-state index contributed by atoms with van der Waals surface area (Å²) in [6, 6.07) is 1.34. The highest BCUT2D eigenvalue weighted by Gasteiger charge is 2.27. The van der Waals surface area contributed by atoms with E-state index in [4.69, 9.17) is 0 Å². The van der Waals surface area contributed by atoms with Gasteiger partial charge >= 0.3 is 0 Å².